The Morgan fingerprint density at radius 3 is 2.26 bits per heavy atom. The van der Waals surface area contributed by atoms with Crippen LogP contribution in [0.5, 0.6) is 0 Å². The monoisotopic (exact) mass is 277 g/mol. The number of carbonyl (C=O) groups excluding carboxylic acids is 1. The zero-order valence-electron chi connectivity index (χ0n) is 9.52. The Bertz CT molecular complexity index is 487. The molecule has 0 aliphatic rings. The molecule has 0 aromatic heterocycles. The van der Waals surface area contributed by atoms with Gasteiger partial charge in [-0.3, -0.25) is 4.79 Å². The normalized spacial score (nSPS) is 11.2. The van der Waals surface area contributed by atoms with Crippen LogP contribution in [-0.2, 0) is 4.79 Å². The van der Waals surface area contributed by atoms with Gasteiger partial charge in [0.1, 0.15) is 0 Å². The van der Waals surface area contributed by atoms with Crippen LogP contribution >= 0.6 is 0 Å². The van der Waals surface area contributed by atoms with Gasteiger partial charge in [-0.05, 0) is 12.1 Å². The first-order chi connectivity index (χ1) is 8.79. The number of carboxylic acids is 1. The molecule has 1 aromatic rings. The quantitative estimate of drug-likeness (QED) is 0.868. The number of aliphatic hydroxyl groups excluding tert-OH is 1. The number of anilines is 1. The Balaban J connectivity index is 3.27. The van der Waals surface area contributed by atoms with Crippen molar-refractivity contribution in [1.29, 1.82) is 0 Å². The van der Waals surface area contributed by atoms with Crippen molar-refractivity contribution in [2.24, 2.45) is 0 Å². The fraction of sp³-hybridized carbons (Fsp3) is 0.273. The van der Waals surface area contributed by atoms with Gasteiger partial charge in [-0.2, -0.15) is 13.2 Å². The maximum atomic E-state index is 12.4. The van der Waals surface area contributed by atoms with Gasteiger partial charge >= 0.3 is 18.1 Å². The highest BCUT2D eigenvalue weighted by Crippen LogP contribution is 2.26. The fourth-order valence-corrected chi connectivity index (χ4v) is 1.47. The van der Waals surface area contributed by atoms with Gasteiger partial charge in [0.15, 0.2) is 0 Å². The minimum Gasteiger partial charge on any atom is -0.478 e. The standard InChI is InChI=1S/C11H10F3NO4/c12-11(13,14)10(19)15(5-6-16)8-4-2-1-3-7(8)9(17)18/h1-4,16H,5-6H2,(H,17,18). The molecule has 0 unspecified atom stereocenters. The molecule has 104 valence electrons. The van der Waals surface area contributed by atoms with Crippen molar-refractivity contribution in [3.05, 3.63) is 29.8 Å². The second-order valence-electron chi connectivity index (χ2n) is 3.50. The summed E-state index contributed by atoms with van der Waals surface area (Å²) in [4.78, 5) is 22.3. The third kappa shape index (κ3) is 3.44. The molecule has 0 atom stereocenters. The number of aromatic carboxylic acids is 1. The molecule has 1 amide bonds. The number of aliphatic hydroxyl groups is 1. The Kier molecular flexibility index (Phi) is 4.49. The molecule has 0 radical (unpaired) electrons. The second-order valence-corrected chi connectivity index (χ2v) is 3.50. The molecule has 0 saturated heterocycles. The van der Waals surface area contributed by atoms with Gasteiger partial charge in [0, 0.05) is 6.54 Å². The fourth-order valence-electron chi connectivity index (χ4n) is 1.47. The number of para-hydroxylation sites is 1. The maximum Gasteiger partial charge on any atom is 0.471 e. The number of nitrogens with zero attached hydrogens (tertiary/aromatic N) is 1. The van der Waals surface area contributed by atoms with E-state index in [1.807, 2.05) is 0 Å². The number of halogens is 3. The van der Waals surface area contributed by atoms with Crippen molar-refractivity contribution in [2.45, 2.75) is 6.18 Å². The van der Waals surface area contributed by atoms with Gasteiger partial charge in [-0.1, -0.05) is 12.1 Å². The number of hydrogen-bond donors (Lipinski definition) is 2. The molecule has 8 heteroatoms. The predicted octanol–water partition coefficient (Wildman–Crippen LogP) is 1.27. The van der Waals surface area contributed by atoms with Crippen LogP contribution in [0.2, 0.25) is 0 Å². The third-order valence-electron chi connectivity index (χ3n) is 2.24. The lowest BCUT2D eigenvalue weighted by molar-refractivity contribution is -0.170. The van der Waals surface area contributed by atoms with Crippen molar-refractivity contribution in [3.63, 3.8) is 0 Å². The number of rotatable bonds is 4. The van der Waals surface area contributed by atoms with Crippen LogP contribution in [0.25, 0.3) is 0 Å². The van der Waals surface area contributed by atoms with E-state index >= 15 is 0 Å². The lowest BCUT2D eigenvalue weighted by Gasteiger charge is -2.24. The van der Waals surface area contributed by atoms with Crippen molar-refractivity contribution in [3.8, 4) is 0 Å². The molecule has 0 fully saturated rings. The first kappa shape index (κ1) is 15.0. The maximum absolute atomic E-state index is 12.4. The summed E-state index contributed by atoms with van der Waals surface area (Å²) in [5, 5.41) is 17.6. The zero-order valence-corrected chi connectivity index (χ0v) is 9.52. The molecule has 0 spiro atoms. The smallest absolute Gasteiger partial charge is 0.471 e. The van der Waals surface area contributed by atoms with E-state index in [4.69, 9.17) is 10.2 Å². The molecule has 2 N–H and O–H groups in total. The van der Waals surface area contributed by atoms with Gasteiger partial charge in [0.25, 0.3) is 0 Å². The van der Waals surface area contributed by atoms with Crippen molar-refractivity contribution >= 4 is 17.6 Å². The van der Waals surface area contributed by atoms with Gasteiger partial charge < -0.3 is 15.1 Å². The number of hydrogen-bond acceptors (Lipinski definition) is 3. The van der Waals surface area contributed by atoms with Crippen LogP contribution in [0.3, 0.4) is 0 Å². The number of carboxylic acid groups (broad SMARTS) is 1. The molecular formula is C11H10F3NO4. The summed E-state index contributed by atoms with van der Waals surface area (Å²) < 4.78 is 37.3. The number of amides is 1. The van der Waals surface area contributed by atoms with Gasteiger partial charge in [-0.15, -0.1) is 0 Å². The molecule has 0 aliphatic carbocycles. The summed E-state index contributed by atoms with van der Waals surface area (Å²) >= 11 is 0. The summed E-state index contributed by atoms with van der Waals surface area (Å²) in [6, 6.07) is 4.77. The average molecular weight is 277 g/mol. The van der Waals surface area contributed by atoms with Crippen LogP contribution in [0.4, 0.5) is 18.9 Å². The summed E-state index contributed by atoms with van der Waals surface area (Å²) in [5.41, 5.74) is -0.861. The molecule has 5 nitrogen and oxygen atoms in total. The lowest BCUT2D eigenvalue weighted by Crippen LogP contribution is -2.43. The molecule has 0 aliphatic heterocycles. The van der Waals surface area contributed by atoms with Gasteiger partial charge in [0.2, 0.25) is 0 Å². The van der Waals surface area contributed by atoms with Crippen LogP contribution in [0.15, 0.2) is 24.3 Å². The molecular weight excluding hydrogens is 267 g/mol. The van der Waals surface area contributed by atoms with Crippen LogP contribution in [-0.4, -0.2) is 41.4 Å². The molecule has 1 aromatic carbocycles. The van der Waals surface area contributed by atoms with Gasteiger partial charge in [-0.25, -0.2) is 4.79 Å². The first-order valence-corrected chi connectivity index (χ1v) is 5.11. The van der Waals surface area contributed by atoms with E-state index in [2.05, 4.69) is 0 Å². The van der Waals surface area contributed by atoms with Crippen molar-refractivity contribution in [2.75, 3.05) is 18.1 Å². The van der Waals surface area contributed by atoms with Crippen molar-refractivity contribution < 1.29 is 33.0 Å². The number of carbonyl (C=O) groups is 2. The molecule has 19 heavy (non-hydrogen) atoms. The Hall–Kier alpha value is -2.09. The van der Waals surface area contributed by atoms with E-state index in [9.17, 15) is 22.8 Å². The zero-order chi connectivity index (χ0) is 14.6. The topological polar surface area (TPSA) is 77.8 Å². The van der Waals surface area contributed by atoms with Crippen molar-refractivity contribution in [1.82, 2.24) is 0 Å². The van der Waals surface area contributed by atoms with E-state index in [0.29, 0.717) is 0 Å². The van der Waals surface area contributed by atoms with E-state index in [1.165, 1.54) is 12.1 Å². The highest BCUT2D eigenvalue weighted by molar-refractivity contribution is 6.03. The first-order valence-electron chi connectivity index (χ1n) is 5.11. The molecule has 1 rings (SSSR count). The Labute approximate surface area is 105 Å². The molecule has 0 heterocycles. The van der Waals surface area contributed by atoms with Crippen LogP contribution in [0.1, 0.15) is 10.4 Å². The summed E-state index contributed by atoms with van der Waals surface area (Å²) in [6.07, 6.45) is -5.15. The minimum absolute atomic E-state index is 0.198. The predicted molar refractivity (Wildman–Crippen MR) is 58.9 cm³/mol. The highest BCUT2D eigenvalue weighted by Gasteiger charge is 2.43. The number of alkyl halides is 3. The summed E-state index contributed by atoms with van der Waals surface area (Å²) in [7, 11) is 0. The largest absolute Gasteiger partial charge is 0.478 e. The Morgan fingerprint density at radius 2 is 1.79 bits per heavy atom. The van der Waals surface area contributed by atoms with Crippen LogP contribution < -0.4 is 4.90 Å². The third-order valence-corrected chi connectivity index (χ3v) is 2.24. The Morgan fingerprint density at radius 1 is 1.21 bits per heavy atom. The molecule has 0 bridgehead atoms. The minimum atomic E-state index is -5.15. The summed E-state index contributed by atoms with van der Waals surface area (Å²) in [6.45, 7) is -1.38. The molecule has 0 saturated carbocycles. The van der Waals surface area contributed by atoms with E-state index < -0.39 is 42.5 Å². The lowest BCUT2D eigenvalue weighted by atomic mass is 10.1. The second kappa shape index (κ2) is 5.70. The summed E-state index contributed by atoms with van der Waals surface area (Å²) in [5.74, 6) is -3.69. The van der Waals surface area contributed by atoms with E-state index in [1.54, 1.807) is 0 Å². The van der Waals surface area contributed by atoms with Gasteiger partial charge in [0.05, 0.1) is 17.9 Å². The van der Waals surface area contributed by atoms with E-state index in [-0.39, 0.29) is 4.90 Å². The number of benzene rings is 1. The SMILES string of the molecule is O=C(O)c1ccccc1N(CCO)C(=O)C(F)(F)F. The van der Waals surface area contributed by atoms with Crippen LogP contribution in [0, 0.1) is 0 Å². The highest BCUT2D eigenvalue weighted by atomic mass is 19.4. The van der Waals surface area contributed by atoms with E-state index in [0.717, 1.165) is 12.1 Å². The average Bonchev–Trinajstić information content (AvgIpc) is 2.34.